The standard InChI is InChI=1S/C20H21N3O2/c1-13-2-6-16(7-3-13)23-11-9-18(20(23)25)22-15-5-4-14-8-10-21-19(24)17(14)12-15/h2-7,12,18,22H,8-11H2,1H3,(H,21,24)/t18-/m1/s1. The molecule has 5 nitrogen and oxygen atoms in total. The van der Waals surface area contributed by atoms with Crippen LogP contribution in [0.25, 0.3) is 0 Å². The van der Waals surface area contributed by atoms with Crippen molar-refractivity contribution in [1.82, 2.24) is 5.32 Å². The van der Waals surface area contributed by atoms with Crippen molar-refractivity contribution in [3.63, 3.8) is 0 Å². The molecule has 0 spiro atoms. The average Bonchev–Trinajstić information content (AvgIpc) is 2.97. The number of benzene rings is 2. The third-order valence-corrected chi connectivity index (χ3v) is 4.93. The number of carbonyl (C=O) groups excluding carboxylic acids is 2. The lowest BCUT2D eigenvalue weighted by molar-refractivity contribution is -0.117. The fourth-order valence-electron chi connectivity index (χ4n) is 3.50. The molecule has 1 atom stereocenters. The zero-order valence-corrected chi connectivity index (χ0v) is 14.2. The highest BCUT2D eigenvalue weighted by Crippen LogP contribution is 2.25. The molecule has 0 aromatic heterocycles. The van der Waals surface area contributed by atoms with Gasteiger partial charge in [0.15, 0.2) is 0 Å². The van der Waals surface area contributed by atoms with Gasteiger partial charge in [-0.15, -0.1) is 0 Å². The second-order valence-corrected chi connectivity index (χ2v) is 6.69. The van der Waals surface area contributed by atoms with E-state index in [4.69, 9.17) is 0 Å². The van der Waals surface area contributed by atoms with Crippen LogP contribution in [0.15, 0.2) is 42.5 Å². The smallest absolute Gasteiger partial charge is 0.251 e. The Bertz CT molecular complexity index is 829. The van der Waals surface area contributed by atoms with Crippen molar-refractivity contribution in [3.8, 4) is 0 Å². The molecule has 5 heteroatoms. The first kappa shape index (κ1) is 15.7. The monoisotopic (exact) mass is 335 g/mol. The van der Waals surface area contributed by atoms with Crippen molar-refractivity contribution in [1.29, 1.82) is 0 Å². The zero-order chi connectivity index (χ0) is 17.4. The molecule has 128 valence electrons. The molecule has 0 unspecified atom stereocenters. The van der Waals surface area contributed by atoms with Crippen LogP contribution in [0.1, 0.15) is 27.9 Å². The summed E-state index contributed by atoms with van der Waals surface area (Å²) in [5.41, 5.74) is 4.70. The van der Waals surface area contributed by atoms with Gasteiger partial charge in [-0.2, -0.15) is 0 Å². The Morgan fingerprint density at radius 3 is 2.72 bits per heavy atom. The molecule has 2 N–H and O–H groups in total. The predicted molar refractivity (Wildman–Crippen MR) is 98.0 cm³/mol. The maximum atomic E-state index is 12.7. The molecule has 2 aromatic carbocycles. The molecule has 2 aliphatic heterocycles. The molecule has 2 amide bonds. The summed E-state index contributed by atoms with van der Waals surface area (Å²) < 4.78 is 0. The fraction of sp³-hybridized carbons (Fsp3) is 0.300. The number of fused-ring (bicyclic) bond motifs is 1. The molecule has 4 rings (SSSR count). The lowest BCUT2D eigenvalue weighted by atomic mass is 9.99. The molecule has 2 aromatic rings. The van der Waals surface area contributed by atoms with Gasteiger partial charge >= 0.3 is 0 Å². The van der Waals surface area contributed by atoms with Crippen molar-refractivity contribution in [3.05, 3.63) is 59.2 Å². The summed E-state index contributed by atoms with van der Waals surface area (Å²) in [6.45, 7) is 3.42. The van der Waals surface area contributed by atoms with E-state index in [1.807, 2.05) is 54.3 Å². The highest BCUT2D eigenvalue weighted by Gasteiger charge is 2.32. The van der Waals surface area contributed by atoms with E-state index in [0.717, 1.165) is 29.8 Å². The Morgan fingerprint density at radius 2 is 1.92 bits per heavy atom. The number of amides is 2. The topological polar surface area (TPSA) is 61.4 Å². The van der Waals surface area contributed by atoms with E-state index in [2.05, 4.69) is 10.6 Å². The van der Waals surface area contributed by atoms with E-state index in [1.165, 1.54) is 5.56 Å². The summed E-state index contributed by atoms with van der Waals surface area (Å²) in [5, 5.41) is 6.16. The molecule has 0 radical (unpaired) electrons. The van der Waals surface area contributed by atoms with Gasteiger partial charge in [-0.05, 0) is 49.6 Å². The minimum atomic E-state index is -0.258. The van der Waals surface area contributed by atoms with Crippen LogP contribution in [0, 0.1) is 6.92 Å². The minimum Gasteiger partial charge on any atom is -0.374 e. The minimum absolute atomic E-state index is 0.0380. The second kappa shape index (κ2) is 6.24. The fourth-order valence-corrected chi connectivity index (χ4v) is 3.50. The van der Waals surface area contributed by atoms with Gasteiger partial charge in [0.1, 0.15) is 6.04 Å². The molecule has 0 saturated carbocycles. The van der Waals surface area contributed by atoms with Crippen LogP contribution in [0.2, 0.25) is 0 Å². The summed E-state index contributed by atoms with van der Waals surface area (Å²) in [6.07, 6.45) is 1.60. The van der Waals surface area contributed by atoms with Crippen LogP contribution in [-0.2, 0) is 11.2 Å². The molecule has 25 heavy (non-hydrogen) atoms. The van der Waals surface area contributed by atoms with Gasteiger partial charge in [-0.3, -0.25) is 9.59 Å². The van der Waals surface area contributed by atoms with E-state index >= 15 is 0 Å². The first-order valence-electron chi connectivity index (χ1n) is 8.67. The molecule has 2 heterocycles. The molecule has 1 saturated heterocycles. The number of nitrogens with one attached hydrogen (secondary N) is 2. The maximum Gasteiger partial charge on any atom is 0.251 e. The highest BCUT2D eigenvalue weighted by atomic mass is 16.2. The van der Waals surface area contributed by atoms with Gasteiger partial charge in [0.05, 0.1) is 0 Å². The van der Waals surface area contributed by atoms with Crippen LogP contribution in [-0.4, -0.2) is 30.9 Å². The zero-order valence-electron chi connectivity index (χ0n) is 14.2. The van der Waals surface area contributed by atoms with E-state index in [1.54, 1.807) is 0 Å². The van der Waals surface area contributed by atoms with E-state index in [9.17, 15) is 9.59 Å². The number of carbonyl (C=O) groups is 2. The third kappa shape index (κ3) is 2.97. The van der Waals surface area contributed by atoms with E-state index in [0.29, 0.717) is 18.7 Å². The first-order chi connectivity index (χ1) is 12.1. The number of nitrogens with zero attached hydrogens (tertiary/aromatic N) is 1. The first-order valence-corrected chi connectivity index (χ1v) is 8.67. The molecular formula is C20H21N3O2. The summed E-state index contributed by atoms with van der Waals surface area (Å²) in [4.78, 5) is 26.5. The van der Waals surface area contributed by atoms with Gasteiger partial charge in [-0.1, -0.05) is 23.8 Å². The maximum absolute atomic E-state index is 12.7. The summed E-state index contributed by atoms with van der Waals surface area (Å²) in [7, 11) is 0. The largest absolute Gasteiger partial charge is 0.374 e. The number of hydrogen-bond donors (Lipinski definition) is 2. The van der Waals surface area contributed by atoms with Gasteiger partial charge in [0, 0.05) is 30.0 Å². The lowest BCUT2D eigenvalue weighted by Gasteiger charge is -2.20. The number of aryl methyl sites for hydroxylation is 1. The average molecular weight is 335 g/mol. The summed E-state index contributed by atoms with van der Waals surface area (Å²) in [6, 6.07) is 13.5. The molecule has 0 bridgehead atoms. The van der Waals surface area contributed by atoms with Crippen LogP contribution in [0.3, 0.4) is 0 Å². The molecular weight excluding hydrogens is 314 g/mol. The summed E-state index contributed by atoms with van der Waals surface area (Å²) in [5.74, 6) is 0.0370. The normalized spacial score (nSPS) is 19.6. The Kier molecular flexibility index (Phi) is 3.92. The van der Waals surface area contributed by atoms with Crippen molar-refractivity contribution < 1.29 is 9.59 Å². The van der Waals surface area contributed by atoms with Gasteiger partial charge in [0.25, 0.3) is 5.91 Å². The number of anilines is 2. The van der Waals surface area contributed by atoms with Crippen LogP contribution in [0.5, 0.6) is 0 Å². The Hall–Kier alpha value is -2.82. The highest BCUT2D eigenvalue weighted by molar-refractivity contribution is 6.01. The predicted octanol–water partition coefficient (Wildman–Crippen LogP) is 2.50. The molecule has 2 aliphatic rings. The van der Waals surface area contributed by atoms with Crippen LogP contribution >= 0.6 is 0 Å². The lowest BCUT2D eigenvalue weighted by Crippen LogP contribution is -2.34. The molecule has 1 fully saturated rings. The second-order valence-electron chi connectivity index (χ2n) is 6.69. The quantitative estimate of drug-likeness (QED) is 0.906. The van der Waals surface area contributed by atoms with Gasteiger partial charge in [-0.25, -0.2) is 0 Å². The SMILES string of the molecule is Cc1ccc(N2CC[C@@H](Nc3ccc4c(c3)C(=O)NCC4)C2=O)cc1. The van der Waals surface area contributed by atoms with Crippen molar-refractivity contribution in [2.45, 2.75) is 25.8 Å². The van der Waals surface area contributed by atoms with Crippen LogP contribution < -0.4 is 15.5 Å². The third-order valence-electron chi connectivity index (χ3n) is 4.93. The van der Waals surface area contributed by atoms with Crippen molar-refractivity contribution in [2.75, 3.05) is 23.3 Å². The van der Waals surface area contributed by atoms with Crippen LogP contribution in [0.4, 0.5) is 11.4 Å². The Labute approximate surface area is 147 Å². The Balaban J connectivity index is 1.50. The van der Waals surface area contributed by atoms with E-state index in [-0.39, 0.29) is 17.9 Å². The summed E-state index contributed by atoms with van der Waals surface area (Å²) >= 11 is 0. The van der Waals surface area contributed by atoms with Crippen molar-refractivity contribution >= 4 is 23.2 Å². The Morgan fingerprint density at radius 1 is 1.12 bits per heavy atom. The number of hydrogen-bond acceptors (Lipinski definition) is 3. The van der Waals surface area contributed by atoms with Crippen molar-refractivity contribution in [2.24, 2.45) is 0 Å². The van der Waals surface area contributed by atoms with Gasteiger partial charge in [0.2, 0.25) is 5.91 Å². The molecule has 0 aliphatic carbocycles. The number of rotatable bonds is 3. The van der Waals surface area contributed by atoms with Gasteiger partial charge < -0.3 is 15.5 Å². The van der Waals surface area contributed by atoms with E-state index < -0.39 is 0 Å².